The Balaban J connectivity index is 2.75. The van der Waals surface area contributed by atoms with Crippen LogP contribution in [-0.2, 0) is 4.79 Å². The highest BCUT2D eigenvalue weighted by atomic mass is 16.5. The van der Waals surface area contributed by atoms with Gasteiger partial charge in [-0.1, -0.05) is 0 Å². The monoisotopic (exact) mass is 251 g/mol. The Morgan fingerprint density at radius 3 is 2.67 bits per heavy atom. The number of amides is 2. The number of likely N-dealkylation sites (N-methyl/N-ethyl adjacent to an activating group) is 1. The number of nitrogen functional groups attached to an aromatic ring is 1. The minimum Gasteiger partial charge on any atom is -0.494 e. The standard InChI is InChI=1S/C12H17N3O3/c1-3-18-10-5-8(4-9(13)6-10)12(17)15-7-11(16)14-2/h4-6H,3,7,13H2,1-2H3,(H,14,16)(H,15,17). The summed E-state index contributed by atoms with van der Waals surface area (Å²) in [4.78, 5) is 22.8. The highest BCUT2D eigenvalue weighted by molar-refractivity contribution is 5.97. The Hall–Kier alpha value is -2.24. The van der Waals surface area contributed by atoms with Crippen LogP contribution in [-0.4, -0.2) is 32.0 Å². The average Bonchev–Trinajstić information content (AvgIpc) is 2.35. The molecule has 1 aromatic rings. The summed E-state index contributed by atoms with van der Waals surface area (Å²) in [6.45, 7) is 2.26. The molecule has 0 aliphatic rings. The van der Waals surface area contributed by atoms with E-state index >= 15 is 0 Å². The predicted octanol–water partition coefficient (Wildman–Crippen LogP) is 0.143. The van der Waals surface area contributed by atoms with Gasteiger partial charge < -0.3 is 21.1 Å². The molecule has 0 radical (unpaired) electrons. The number of rotatable bonds is 5. The second-order valence-corrected chi connectivity index (χ2v) is 3.58. The van der Waals surface area contributed by atoms with Crippen LogP contribution < -0.4 is 21.1 Å². The third-order valence-electron chi connectivity index (χ3n) is 2.19. The van der Waals surface area contributed by atoms with Crippen molar-refractivity contribution >= 4 is 17.5 Å². The lowest BCUT2D eigenvalue weighted by Gasteiger charge is -2.08. The summed E-state index contributed by atoms with van der Waals surface area (Å²) in [5.74, 6) is -0.105. The quantitative estimate of drug-likeness (QED) is 0.649. The zero-order valence-electron chi connectivity index (χ0n) is 10.4. The van der Waals surface area contributed by atoms with Gasteiger partial charge in [0.15, 0.2) is 0 Å². The summed E-state index contributed by atoms with van der Waals surface area (Å²) in [6.07, 6.45) is 0. The van der Waals surface area contributed by atoms with Crippen LogP contribution in [0.5, 0.6) is 5.75 Å². The molecular formula is C12H17N3O3. The first-order valence-electron chi connectivity index (χ1n) is 5.59. The Bertz CT molecular complexity index is 446. The zero-order chi connectivity index (χ0) is 13.5. The third-order valence-corrected chi connectivity index (χ3v) is 2.19. The first-order chi connectivity index (χ1) is 8.56. The van der Waals surface area contributed by atoms with Crippen LogP contribution in [0.2, 0.25) is 0 Å². The molecule has 0 unspecified atom stereocenters. The molecule has 6 heteroatoms. The number of carbonyl (C=O) groups is 2. The number of nitrogens with two attached hydrogens (primary N) is 1. The van der Waals surface area contributed by atoms with Crippen molar-refractivity contribution in [2.24, 2.45) is 0 Å². The van der Waals surface area contributed by atoms with Crippen LogP contribution in [0.4, 0.5) is 5.69 Å². The molecule has 0 saturated carbocycles. The smallest absolute Gasteiger partial charge is 0.251 e. The molecule has 1 aromatic carbocycles. The lowest BCUT2D eigenvalue weighted by Crippen LogP contribution is -2.35. The van der Waals surface area contributed by atoms with Gasteiger partial charge in [-0.15, -0.1) is 0 Å². The number of nitrogens with one attached hydrogen (secondary N) is 2. The molecule has 0 heterocycles. The number of anilines is 1. The van der Waals surface area contributed by atoms with E-state index in [0.29, 0.717) is 23.6 Å². The van der Waals surface area contributed by atoms with E-state index in [9.17, 15) is 9.59 Å². The van der Waals surface area contributed by atoms with Crippen molar-refractivity contribution in [3.8, 4) is 5.75 Å². The van der Waals surface area contributed by atoms with Gasteiger partial charge in [0.1, 0.15) is 5.75 Å². The van der Waals surface area contributed by atoms with E-state index in [-0.39, 0.29) is 18.4 Å². The third kappa shape index (κ3) is 3.97. The van der Waals surface area contributed by atoms with E-state index in [1.54, 1.807) is 12.1 Å². The summed E-state index contributed by atoms with van der Waals surface area (Å²) < 4.78 is 5.28. The van der Waals surface area contributed by atoms with E-state index in [1.807, 2.05) is 6.92 Å². The summed E-state index contributed by atoms with van der Waals surface area (Å²) in [6, 6.07) is 4.75. The molecule has 0 spiro atoms. The van der Waals surface area contributed by atoms with E-state index in [1.165, 1.54) is 13.1 Å². The van der Waals surface area contributed by atoms with E-state index < -0.39 is 0 Å². The van der Waals surface area contributed by atoms with Crippen LogP contribution >= 0.6 is 0 Å². The van der Waals surface area contributed by atoms with Gasteiger partial charge in [0, 0.05) is 24.4 Å². The molecule has 0 fully saturated rings. The molecule has 0 atom stereocenters. The largest absolute Gasteiger partial charge is 0.494 e. The minimum atomic E-state index is -0.369. The SMILES string of the molecule is CCOc1cc(N)cc(C(=O)NCC(=O)NC)c1. The summed E-state index contributed by atoms with van der Waals surface area (Å²) in [7, 11) is 1.50. The normalized spacial score (nSPS) is 9.67. The molecule has 0 aliphatic carbocycles. The van der Waals surface area contributed by atoms with E-state index in [0.717, 1.165) is 0 Å². The number of hydrogen-bond acceptors (Lipinski definition) is 4. The lowest BCUT2D eigenvalue weighted by atomic mass is 10.1. The predicted molar refractivity (Wildman–Crippen MR) is 68.4 cm³/mol. The highest BCUT2D eigenvalue weighted by Gasteiger charge is 2.09. The van der Waals surface area contributed by atoms with Crippen molar-refractivity contribution in [2.75, 3.05) is 25.9 Å². The fourth-order valence-electron chi connectivity index (χ4n) is 1.35. The summed E-state index contributed by atoms with van der Waals surface area (Å²) in [5.41, 5.74) is 6.47. The van der Waals surface area contributed by atoms with Gasteiger partial charge >= 0.3 is 0 Å². The van der Waals surface area contributed by atoms with Crippen molar-refractivity contribution in [3.63, 3.8) is 0 Å². The fraction of sp³-hybridized carbons (Fsp3) is 0.333. The maximum absolute atomic E-state index is 11.8. The average molecular weight is 251 g/mol. The molecule has 18 heavy (non-hydrogen) atoms. The fourth-order valence-corrected chi connectivity index (χ4v) is 1.35. The number of carbonyl (C=O) groups excluding carboxylic acids is 2. The van der Waals surface area contributed by atoms with Crippen molar-refractivity contribution in [1.82, 2.24) is 10.6 Å². The van der Waals surface area contributed by atoms with Crippen molar-refractivity contribution in [1.29, 1.82) is 0 Å². The molecule has 0 bridgehead atoms. The molecule has 0 aromatic heterocycles. The topological polar surface area (TPSA) is 93.4 Å². The first-order valence-corrected chi connectivity index (χ1v) is 5.59. The van der Waals surface area contributed by atoms with Gasteiger partial charge in [-0.25, -0.2) is 0 Å². The first kappa shape index (κ1) is 13.8. The maximum atomic E-state index is 11.8. The van der Waals surface area contributed by atoms with Gasteiger partial charge in [0.25, 0.3) is 5.91 Å². The molecule has 1 rings (SSSR count). The molecule has 0 saturated heterocycles. The highest BCUT2D eigenvalue weighted by Crippen LogP contribution is 2.18. The van der Waals surface area contributed by atoms with Crippen LogP contribution in [0.1, 0.15) is 17.3 Å². The molecular weight excluding hydrogens is 234 g/mol. The summed E-state index contributed by atoms with van der Waals surface area (Å²) >= 11 is 0. The van der Waals surface area contributed by atoms with Crippen molar-refractivity contribution < 1.29 is 14.3 Å². The second-order valence-electron chi connectivity index (χ2n) is 3.58. The Morgan fingerprint density at radius 2 is 2.06 bits per heavy atom. The van der Waals surface area contributed by atoms with Crippen LogP contribution in [0.3, 0.4) is 0 Å². The van der Waals surface area contributed by atoms with Gasteiger partial charge in [-0.2, -0.15) is 0 Å². The van der Waals surface area contributed by atoms with Crippen LogP contribution in [0.15, 0.2) is 18.2 Å². The van der Waals surface area contributed by atoms with Crippen molar-refractivity contribution in [2.45, 2.75) is 6.92 Å². The Labute approximate surface area is 105 Å². The molecule has 98 valence electrons. The number of ether oxygens (including phenoxy) is 1. The molecule has 4 N–H and O–H groups in total. The second kappa shape index (κ2) is 6.48. The van der Waals surface area contributed by atoms with Gasteiger partial charge in [0.2, 0.25) is 5.91 Å². The lowest BCUT2D eigenvalue weighted by molar-refractivity contribution is -0.119. The minimum absolute atomic E-state index is 0.0753. The van der Waals surface area contributed by atoms with Crippen molar-refractivity contribution in [3.05, 3.63) is 23.8 Å². The zero-order valence-corrected chi connectivity index (χ0v) is 10.4. The summed E-state index contributed by atoms with van der Waals surface area (Å²) in [5, 5.41) is 4.90. The van der Waals surface area contributed by atoms with Crippen LogP contribution in [0.25, 0.3) is 0 Å². The molecule has 6 nitrogen and oxygen atoms in total. The van der Waals surface area contributed by atoms with Crippen LogP contribution in [0, 0.1) is 0 Å². The Morgan fingerprint density at radius 1 is 1.33 bits per heavy atom. The van der Waals surface area contributed by atoms with Gasteiger partial charge in [-0.05, 0) is 19.1 Å². The van der Waals surface area contributed by atoms with Gasteiger partial charge in [0.05, 0.1) is 13.2 Å². The molecule has 0 aliphatic heterocycles. The van der Waals surface area contributed by atoms with E-state index in [4.69, 9.17) is 10.5 Å². The number of benzene rings is 1. The van der Waals surface area contributed by atoms with Gasteiger partial charge in [-0.3, -0.25) is 9.59 Å². The van der Waals surface area contributed by atoms with E-state index in [2.05, 4.69) is 10.6 Å². The number of hydrogen-bond donors (Lipinski definition) is 3. The Kier molecular flexibility index (Phi) is 4.98. The maximum Gasteiger partial charge on any atom is 0.251 e. The molecule has 2 amide bonds.